The van der Waals surface area contributed by atoms with E-state index < -0.39 is 0 Å². The van der Waals surface area contributed by atoms with Gasteiger partial charge >= 0.3 is 5.97 Å². The minimum Gasteiger partial charge on any atom is -0.469 e. The summed E-state index contributed by atoms with van der Waals surface area (Å²) in [5, 5.41) is 0. The number of methoxy groups -OCH3 is 1. The van der Waals surface area contributed by atoms with E-state index >= 15 is 0 Å². The Balaban J connectivity index is 2.95. The van der Waals surface area contributed by atoms with E-state index in [4.69, 9.17) is 4.74 Å². The van der Waals surface area contributed by atoms with Gasteiger partial charge in [0, 0.05) is 0 Å². The fourth-order valence-corrected chi connectivity index (χ4v) is 2.06. The van der Waals surface area contributed by atoms with Crippen molar-refractivity contribution < 1.29 is 9.53 Å². The predicted octanol–water partition coefficient (Wildman–Crippen LogP) is 3.35. The number of hydrogen-bond acceptors (Lipinski definition) is 2. The van der Waals surface area contributed by atoms with Gasteiger partial charge in [0.1, 0.15) is 0 Å². The molecule has 0 saturated heterocycles. The Kier molecular flexibility index (Phi) is 4.73. The largest absolute Gasteiger partial charge is 0.469 e. The molecule has 0 saturated carbocycles. The van der Waals surface area contributed by atoms with Gasteiger partial charge in [-0.3, -0.25) is 4.79 Å². The summed E-state index contributed by atoms with van der Waals surface area (Å²) >= 11 is 0. The molecule has 0 spiro atoms. The molecule has 1 atom stereocenters. The second-order valence-electron chi connectivity index (χ2n) is 4.62. The number of ether oxygens (including phenoxy) is 1. The van der Waals surface area contributed by atoms with Gasteiger partial charge in [0.2, 0.25) is 0 Å². The van der Waals surface area contributed by atoms with Gasteiger partial charge in [0.15, 0.2) is 0 Å². The molecule has 0 bridgehead atoms. The molecule has 0 amide bonds. The SMILES string of the molecule is CCC(Cc1ccc(C)c(C)c1C)C(=O)OC. The molecule has 0 aliphatic carbocycles. The van der Waals surface area contributed by atoms with Gasteiger partial charge in [-0.15, -0.1) is 0 Å². The van der Waals surface area contributed by atoms with Crippen LogP contribution < -0.4 is 0 Å². The van der Waals surface area contributed by atoms with Crippen LogP contribution in [0, 0.1) is 26.7 Å². The summed E-state index contributed by atoms with van der Waals surface area (Å²) in [6, 6.07) is 4.25. The second kappa shape index (κ2) is 5.85. The Hall–Kier alpha value is -1.31. The van der Waals surface area contributed by atoms with Crippen LogP contribution in [0.3, 0.4) is 0 Å². The number of esters is 1. The van der Waals surface area contributed by atoms with E-state index in [1.165, 1.54) is 29.4 Å². The zero-order chi connectivity index (χ0) is 13.0. The second-order valence-corrected chi connectivity index (χ2v) is 4.62. The first kappa shape index (κ1) is 13.8. The molecule has 0 N–H and O–H groups in total. The van der Waals surface area contributed by atoms with Crippen LogP contribution in [0.25, 0.3) is 0 Å². The summed E-state index contributed by atoms with van der Waals surface area (Å²) < 4.78 is 4.83. The Morgan fingerprint density at radius 1 is 1.24 bits per heavy atom. The summed E-state index contributed by atoms with van der Waals surface area (Å²) in [5.41, 5.74) is 5.18. The molecule has 0 heterocycles. The normalized spacial score (nSPS) is 12.3. The van der Waals surface area contributed by atoms with E-state index in [0.29, 0.717) is 0 Å². The monoisotopic (exact) mass is 234 g/mol. The number of carbonyl (C=O) groups excluding carboxylic acids is 1. The first-order valence-electron chi connectivity index (χ1n) is 6.14. The highest BCUT2D eigenvalue weighted by Gasteiger charge is 2.18. The molecule has 1 aromatic carbocycles. The van der Waals surface area contributed by atoms with Gasteiger partial charge in [0.25, 0.3) is 0 Å². The van der Waals surface area contributed by atoms with Gasteiger partial charge < -0.3 is 4.74 Å². The first-order chi connectivity index (χ1) is 8.01. The van der Waals surface area contributed by atoms with E-state index in [2.05, 4.69) is 32.9 Å². The molecule has 0 aromatic heterocycles. The zero-order valence-corrected chi connectivity index (χ0v) is 11.5. The topological polar surface area (TPSA) is 26.3 Å². The number of carbonyl (C=O) groups is 1. The van der Waals surface area contributed by atoms with Crippen molar-refractivity contribution in [3.63, 3.8) is 0 Å². The highest BCUT2D eigenvalue weighted by molar-refractivity contribution is 5.72. The summed E-state index contributed by atoms with van der Waals surface area (Å²) in [5.74, 6) is -0.133. The minimum atomic E-state index is -0.106. The lowest BCUT2D eigenvalue weighted by Crippen LogP contribution is -2.18. The Bertz CT molecular complexity index is 408. The molecule has 1 unspecified atom stereocenters. The molecule has 2 nitrogen and oxygen atoms in total. The van der Waals surface area contributed by atoms with Crippen molar-refractivity contribution in [3.8, 4) is 0 Å². The molecule has 0 radical (unpaired) electrons. The van der Waals surface area contributed by atoms with Crippen molar-refractivity contribution in [1.29, 1.82) is 0 Å². The summed E-state index contributed by atoms with van der Waals surface area (Å²) in [6.07, 6.45) is 1.59. The maximum absolute atomic E-state index is 11.6. The molecule has 0 aliphatic heterocycles. The van der Waals surface area contributed by atoms with E-state index in [0.717, 1.165) is 12.8 Å². The summed E-state index contributed by atoms with van der Waals surface area (Å²) in [4.78, 5) is 11.6. The Labute approximate surface area is 104 Å². The van der Waals surface area contributed by atoms with Crippen molar-refractivity contribution in [2.24, 2.45) is 5.92 Å². The summed E-state index contributed by atoms with van der Waals surface area (Å²) in [7, 11) is 1.46. The number of benzene rings is 1. The van der Waals surface area contributed by atoms with Crippen molar-refractivity contribution in [3.05, 3.63) is 34.4 Å². The Morgan fingerprint density at radius 2 is 1.88 bits per heavy atom. The van der Waals surface area contributed by atoms with Crippen LogP contribution in [0.4, 0.5) is 0 Å². The number of hydrogen-bond donors (Lipinski definition) is 0. The van der Waals surface area contributed by atoms with Crippen LogP contribution in [0.1, 0.15) is 35.6 Å². The average Bonchev–Trinajstić information content (AvgIpc) is 2.34. The zero-order valence-electron chi connectivity index (χ0n) is 11.5. The highest BCUT2D eigenvalue weighted by atomic mass is 16.5. The smallest absolute Gasteiger partial charge is 0.308 e. The quantitative estimate of drug-likeness (QED) is 0.747. The lowest BCUT2D eigenvalue weighted by molar-refractivity contribution is -0.145. The van der Waals surface area contributed by atoms with Gasteiger partial charge in [-0.1, -0.05) is 19.1 Å². The molecule has 1 aromatic rings. The summed E-state index contributed by atoms with van der Waals surface area (Å²) in [6.45, 7) is 8.40. The van der Waals surface area contributed by atoms with Crippen LogP contribution in [-0.2, 0) is 16.0 Å². The fraction of sp³-hybridized carbons (Fsp3) is 0.533. The molecule has 1 rings (SSSR count). The number of aryl methyl sites for hydroxylation is 1. The lowest BCUT2D eigenvalue weighted by Gasteiger charge is -2.16. The molecule has 17 heavy (non-hydrogen) atoms. The van der Waals surface area contributed by atoms with Gasteiger partial charge in [-0.2, -0.15) is 0 Å². The third-order valence-electron chi connectivity index (χ3n) is 3.66. The molecule has 0 fully saturated rings. The molecule has 94 valence electrons. The highest BCUT2D eigenvalue weighted by Crippen LogP contribution is 2.21. The minimum absolute atomic E-state index is 0.0270. The van der Waals surface area contributed by atoms with Gasteiger partial charge in [-0.05, 0) is 55.9 Å². The van der Waals surface area contributed by atoms with Crippen molar-refractivity contribution in [2.75, 3.05) is 7.11 Å². The van der Waals surface area contributed by atoms with Crippen LogP contribution in [0.5, 0.6) is 0 Å². The van der Waals surface area contributed by atoms with Crippen LogP contribution >= 0.6 is 0 Å². The maximum atomic E-state index is 11.6. The third kappa shape index (κ3) is 3.09. The van der Waals surface area contributed by atoms with E-state index in [1.807, 2.05) is 6.92 Å². The maximum Gasteiger partial charge on any atom is 0.308 e. The van der Waals surface area contributed by atoms with Gasteiger partial charge in [-0.25, -0.2) is 0 Å². The lowest BCUT2D eigenvalue weighted by atomic mass is 9.91. The number of rotatable bonds is 4. The first-order valence-corrected chi connectivity index (χ1v) is 6.14. The van der Waals surface area contributed by atoms with Crippen molar-refractivity contribution >= 4 is 5.97 Å². The van der Waals surface area contributed by atoms with Crippen LogP contribution in [-0.4, -0.2) is 13.1 Å². The van der Waals surface area contributed by atoms with Crippen molar-refractivity contribution in [1.82, 2.24) is 0 Å². The fourth-order valence-electron chi connectivity index (χ4n) is 2.06. The van der Waals surface area contributed by atoms with Gasteiger partial charge in [0.05, 0.1) is 13.0 Å². The molecule has 0 aliphatic rings. The van der Waals surface area contributed by atoms with Crippen LogP contribution in [0.2, 0.25) is 0 Å². The van der Waals surface area contributed by atoms with E-state index in [1.54, 1.807) is 0 Å². The molecular formula is C15H22O2. The molecular weight excluding hydrogens is 212 g/mol. The standard InChI is InChI=1S/C15H22O2/c1-6-13(15(16)17-5)9-14-8-7-10(2)11(3)12(14)4/h7-8,13H,6,9H2,1-5H3. The Morgan fingerprint density at radius 3 is 2.41 bits per heavy atom. The third-order valence-corrected chi connectivity index (χ3v) is 3.66. The predicted molar refractivity (Wildman–Crippen MR) is 70.2 cm³/mol. The van der Waals surface area contributed by atoms with E-state index in [9.17, 15) is 4.79 Å². The van der Waals surface area contributed by atoms with E-state index in [-0.39, 0.29) is 11.9 Å². The van der Waals surface area contributed by atoms with Crippen LogP contribution in [0.15, 0.2) is 12.1 Å². The van der Waals surface area contributed by atoms with Crippen molar-refractivity contribution in [2.45, 2.75) is 40.5 Å². The molecule has 2 heteroatoms. The average molecular weight is 234 g/mol.